The summed E-state index contributed by atoms with van der Waals surface area (Å²) < 4.78 is 11.0. The molecule has 0 fully saturated rings. The Morgan fingerprint density at radius 1 is 0.759 bits per heavy atom. The maximum absolute atomic E-state index is 6.27. The normalized spacial score (nSPS) is 12.1. The van der Waals surface area contributed by atoms with Crippen LogP contribution >= 0.6 is 11.3 Å². The van der Waals surface area contributed by atoms with Crippen molar-refractivity contribution in [1.82, 2.24) is 14.5 Å². The number of furan rings is 1. The highest BCUT2D eigenvalue weighted by Crippen LogP contribution is 2.39. The van der Waals surface area contributed by atoms with Crippen LogP contribution in [0.25, 0.3) is 59.1 Å². The molecule has 0 aliphatic heterocycles. The van der Waals surface area contributed by atoms with Crippen molar-refractivity contribution >= 4 is 64.7 Å². The van der Waals surface area contributed by atoms with Gasteiger partial charge in [0.05, 0.1) is 11.1 Å². The molecule has 0 amide bonds. The van der Waals surface area contributed by atoms with Gasteiger partial charge in [-0.2, -0.15) is 0 Å². The first-order valence-corrected chi connectivity index (χ1v) is 10.2. The Bertz CT molecular complexity index is 1720. The van der Waals surface area contributed by atoms with E-state index in [2.05, 4.69) is 63.1 Å². The monoisotopic (exact) mass is 391 g/mol. The summed E-state index contributed by atoms with van der Waals surface area (Å²) in [7, 11) is 0. The van der Waals surface area contributed by atoms with Crippen molar-refractivity contribution in [3.63, 3.8) is 0 Å². The van der Waals surface area contributed by atoms with E-state index in [4.69, 9.17) is 4.42 Å². The Morgan fingerprint density at radius 3 is 2.59 bits per heavy atom. The molecular weight excluding hydrogens is 378 g/mol. The van der Waals surface area contributed by atoms with Gasteiger partial charge in [-0.3, -0.25) is 9.55 Å². The summed E-state index contributed by atoms with van der Waals surface area (Å²) in [6, 6.07) is 23.0. The van der Waals surface area contributed by atoms with E-state index in [1.165, 1.54) is 20.2 Å². The maximum atomic E-state index is 6.27. The van der Waals surface area contributed by atoms with E-state index in [0.717, 1.165) is 38.9 Å². The minimum atomic E-state index is 0.784. The van der Waals surface area contributed by atoms with Crippen molar-refractivity contribution in [3.05, 3.63) is 79.1 Å². The molecule has 0 unspecified atom stereocenters. The van der Waals surface area contributed by atoms with Crippen LogP contribution in [0, 0.1) is 0 Å². The maximum Gasteiger partial charge on any atom is 0.216 e. The van der Waals surface area contributed by atoms with E-state index in [-0.39, 0.29) is 0 Å². The summed E-state index contributed by atoms with van der Waals surface area (Å²) in [5.41, 5.74) is 4.37. The van der Waals surface area contributed by atoms with Crippen LogP contribution in [0.3, 0.4) is 0 Å². The lowest BCUT2D eigenvalue weighted by Crippen LogP contribution is -1.94. The molecule has 0 spiro atoms. The largest absolute Gasteiger partial charge is 0.437 e. The fourth-order valence-electron chi connectivity index (χ4n) is 4.28. The first-order chi connectivity index (χ1) is 14.4. The molecule has 5 heterocycles. The quantitative estimate of drug-likeness (QED) is 0.313. The first-order valence-electron chi connectivity index (χ1n) is 9.43. The lowest BCUT2D eigenvalue weighted by Gasteiger charge is -2.05. The minimum Gasteiger partial charge on any atom is -0.437 e. The summed E-state index contributed by atoms with van der Waals surface area (Å²) in [6.45, 7) is 0. The zero-order valence-corrected chi connectivity index (χ0v) is 16.0. The van der Waals surface area contributed by atoms with Crippen LogP contribution in [0.5, 0.6) is 0 Å². The third-order valence-corrected chi connectivity index (χ3v) is 6.67. The Hall–Kier alpha value is -3.70. The van der Waals surface area contributed by atoms with E-state index in [0.29, 0.717) is 0 Å². The van der Waals surface area contributed by atoms with Gasteiger partial charge in [-0.25, -0.2) is 4.98 Å². The zero-order valence-electron chi connectivity index (χ0n) is 15.2. The molecule has 2 aromatic carbocycles. The van der Waals surface area contributed by atoms with Gasteiger partial charge in [-0.1, -0.05) is 18.2 Å². The smallest absolute Gasteiger partial charge is 0.216 e. The molecular formula is C24H13N3OS. The SMILES string of the molecule is c1cnc2c(c1)oc1c2c2cccnc2n1-c1ccc2sc3ccccc3c2c1. The van der Waals surface area contributed by atoms with Gasteiger partial charge in [0.15, 0.2) is 5.58 Å². The molecule has 0 atom stereocenters. The van der Waals surface area contributed by atoms with Crippen molar-refractivity contribution in [1.29, 1.82) is 0 Å². The Kier molecular flexibility index (Phi) is 2.85. The number of nitrogens with zero attached hydrogens (tertiary/aromatic N) is 3. The van der Waals surface area contributed by atoms with Crippen molar-refractivity contribution in [3.8, 4) is 5.69 Å². The van der Waals surface area contributed by atoms with Crippen LogP contribution in [0.15, 0.2) is 83.5 Å². The second-order valence-electron chi connectivity index (χ2n) is 7.12. The molecule has 0 aliphatic rings. The molecule has 4 nitrogen and oxygen atoms in total. The Balaban J connectivity index is 1.65. The molecule has 29 heavy (non-hydrogen) atoms. The first kappa shape index (κ1) is 15.2. The van der Waals surface area contributed by atoms with Crippen molar-refractivity contribution < 1.29 is 4.42 Å². The Morgan fingerprint density at radius 2 is 1.59 bits per heavy atom. The van der Waals surface area contributed by atoms with Gasteiger partial charge in [0.2, 0.25) is 5.71 Å². The van der Waals surface area contributed by atoms with E-state index in [1.54, 1.807) is 6.20 Å². The number of aromatic nitrogens is 3. The molecule has 0 radical (unpaired) electrons. The minimum absolute atomic E-state index is 0.784. The fourth-order valence-corrected chi connectivity index (χ4v) is 5.36. The molecule has 5 aromatic heterocycles. The van der Waals surface area contributed by atoms with Gasteiger partial charge in [0.25, 0.3) is 0 Å². The van der Waals surface area contributed by atoms with Gasteiger partial charge < -0.3 is 4.42 Å². The van der Waals surface area contributed by atoms with Gasteiger partial charge in [-0.05, 0) is 48.5 Å². The van der Waals surface area contributed by atoms with Gasteiger partial charge in [0.1, 0.15) is 11.2 Å². The number of fused-ring (bicyclic) bond motifs is 8. The molecule has 136 valence electrons. The molecule has 0 N–H and O–H groups in total. The van der Waals surface area contributed by atoms with Crippen molar-refractivity contribution in [2.75, 3.05) is 0 Å². The molecule has 7 aromatic rings. The van der Waals surface area contributed by atoms with Crippen LogP contribution in [-0.2, 0) is 0 Å². The number of rotatable bonds is 1. The fraction of sp³-hybridized carbons (Fsp3) is 0. The third kappa shape index (κ3) is 1.97. The van der Waals surface area contributed by atoms with Crippen LogP contribution in [0.1, 0.15) is 0 Å². The lowest BCUT2D eigenvalue weighted by atomic mass is 10.1. The zero-order chi connectivity index (χ0) is 18.9. The second-order valence-corrected chi connectivity index (χ2v) is 8.20. The van der Waals surface area contributed by atoms with E-state index >= 15 is 0 Å². The average molecular weight is 391 g/mol. The van der Waals surface area contributed by atoms with Crippen molar-refractivity contribution in [2.24, 2.45) is 0 Å². The average Bonchev–Trinajstić information content (AvgIpc) is 3.41. The summed E-state index contributed by atoms with van der Waals surface area (Å²) in [4.78, 5) is 9.26. The van der Waals surface area contributed by atoms with Crippen LogP contribution in [0.4, 0.5) is 0 Å². The van der Waals surface area contributed by atoms with E-state index < -0.39 is 0 Å². The summed E-state index contributed by atoms with van der Waals surface area (Å²) in [5.74, 6) is 0. The molecule has 0 saturated heterocycles. The predicted octanol–water partition coefficient (Wildman–Crippen LogP) is 6.69. The summed E-state index contributed by atoms with van der Waals surface area (Å²) >= 11 is 1.82. The van der Waals surface area contributed by atoms with Crippen molar-refractivity contribution in [2.45, 2.75) is 0 Å². The van der Waals surface area contributed by atoms with Crippen LogP contribution in [-0.4, -0.2) is 14.5 Å². The number of thiophene rings is 1. The standard InChI is InChI=1S/C24H13N3OS/c1-2-8-19-15(5-1)17-13-14(9-10-20(17)29-19)27-23-16(6-3-12-26-23)21-22-18(28-24(21)27)7-4-11-25-22/h1-13H. The summed E-state index contributed by atoms with van der Waals surface area (Å²) in [6.07, 6.45) is 3.63. The van der Waals surface area contributed by atoms with Gasteiger partial charge in [0, 0.05) is 38.0 Å². The highest BCUT2D eigenvalue weighted by atomic mass is 32.1. The van der Waals surface area contributed by atoms with E-state index in [9.17, 15) is 0 Å². The second kappa shape index (κ2) is 5.43. The molecule has 0 bridgehead atoms. The highest BCUT2D eigenvalue weighted by Gasteiger charge is 2.21. The highest BCUT2D eigenvalue weighted by molar-refractivity contribution is 7.25. The van der Waals surface area contributed by atoms with Crippen LogP contribution < -0.4 is 0 Å². The Labute approximate surface area is 168 Å². The summed E-state index contributed by atoms with van der Waals surface area (Å²) in [5, 5.41) is 4.60. The predicted molar refractivity (Wildman–Crippen MR) is 119 cm³/mol. The molecule has 5 heteroatoms. The topological polar surface area (TPSA) is 43.9 Å². The van der Waals surface area contributed by atoms with Crippen LogP contribution in [0.2, 0.25) is 0 Å². The third-order valence-electron chi connectivity index (χ3n) is 5.52. The van der Waals surface area contributed by atoms with Gasteiger partial charge >= 0.3 is 0 Å². The number of hydrogen-bond acceptors (Lipinski definition) is 4. The molecule has 7 rings (SSSR count). The van der Waals surface area contributed by atoms with E-state index in [1.807, 2.05) is 35.7 Å². The number of pyridine rings is 2. The molecule has 0 saturated carbocycles. The number of benzene rings is 2. The number of hydrogen-bond donors (Lipinski definition) is 0. The lowest BCUT2D eigenvalue weighted by molar-refractivity contribution is 0.644. The molecule has 0 aliphatic carbocycles. The van der Waals surface area contributed by atoms with Gasteiger partial charge in [-0.15, -0.1) is 11.3 Å².